The zero-order valence-electron chi connectivity index (χ0n) is 13.4. The molecule has 2 spiro atoms. The van der Waals surface area contributed by atoms with E-state index in [4.69, 9.17) is 0 Å². The molecule has 1 saturated heterocycles. The first-order valence-corrected chi connectivity index (χ1v) is 8.85. The highest BCUT2D eigenvalue weighted by Gasteiger charge is 2.60. The molecule has 2 unspecified atom stereocenters. The molecule has 0 aromatic heterocycles. The van der Waals surface area contributed by atoms with Gasteiger partial charge in [-0.1, -0.05) is 38.1 Å². The van der Waals surface area contributed by atoms with Crippen molar-refractivity contribution >= 4 is 0 Å². The van der Waals surface area contributed by atoms with Gasteiger partial charge in [-0.15, -0.1) is 0 Å². The van der Waals surface area contributed by atoms with Gasteiger partial charge in [-0.2, -0.15) is 0 Å². The first-order chi connectivity index (χ1) is 10.3. The normalized spacial score (nSPS) is 34.7. The summed E-state index contributed by atoms with van der Waals surface area (Å²) in [5, 5.41) is 7.39. The number of rotatable bonds is 2. The standard InChI is InChI=1S/C17H22N2.C2H6/c1-2-4-14-12(3-1)5-6-17(14)9-15(17)19-13-7-16(8-13)10-18-11-16;1-2/h1-4,13,15,18-19H,5-11H2;1-2H3. The quantitative estimate of drug-likeness (QED) is 0.872. The third kappa shape index (κ3) is 1.99. The van der Waals surface area contributed by atoms with Gasteiger partial charge in [-0.25, -0.2) is 0 Å². The highest BCUT2D eigenvalue weighted by molar-refractivity contribution is 5.46. The zero-order valence-corrected chi connectivity index (χ0v) is 13.4. The Labute approximate surface area is 128 Å². The third-order valence-corrected chi connectivity index (χ3v) is 6.27. The number of nitrogens with one attached hydrogen (secondary N) is 2. The van der Waals surface area contributed by atoms with Crippen molar-refractivity contribution in [1.82, 2.24) is 10.6 Å². The van der Waals surface area contributed by atoms with Crippen molar-refractivity contribution in [1.29, 1.82) is 0 Å². The zero-order chi connectivity index (χ0) is 14.5. The summed E-state index contributed by atoms with van der Waals surface area (Å²) < 4.78 is 0. The molecule has 0 radical (unpaired) electrons. The van der Waals surface area contributed by atoms with Gasteiger partial charge in [-0.3, -0.25) is 0 Å². The fourth-order valence-corrected chi connectivity index (χ4v) is 4.97. The minimum absolute atomic E-state index is 0.525. The van der Waals surface area contributed by atoms with Gasteiger partial charge < -0.3 is 10.6 Å². The summed E-state index contributed by atoms with van der Waals surface area (Å²) in [6.07, 6.45) is 6.88. The topological polar surface area (TPSA) is 24.1 Å². The minimum atomic E-state index is 0.525. The molecule has 3 fully saturated rings. The van der Waals surface area contributed by atoms with Crippen LogP contribution in [0.2, 0.25) is 0 Å². The second-order valence-corrected chi connectivity index (χ2v) is 7.45. The molecular formula is C19H28N2. The number of aryl methyl sites for hydroxylation is 1. The fraction of sp³-hybridized carbons (Fsp3) is 0.684. The van der Waals surface area contributed by atoms with Crippen LogP contribution < -0.4 is 10.6 Å². The Morgan fingerprint density at radius 2 is 1.86 bits per heavy atom. The van der Waals surface area contributed by atoms with E-state index >= 15 is 0 Å². The molecule has 1 aromatic carbocycles. The van der Waals surface area contributed by atoms with E-state index in [1.165, 1.54) is 45.2 Å². The van der Waals surface area contributed by atoms with Crippen LogP contribution in [0, 0.1) is 5.41 Å². The van der Waals surface area contributed by atoms with Crippen molar-refractivity contribution in [2.24, 2.45) is 5.41 Å². The van der Waals surface area contributed by atoms with Gasteiger partial charge >= 0.3 is 0 Å². The van der Waals surface area contributed by atoms with Gasteiger partial charge in [0.1, 0.15) is 0 Å². The van der Waals surface area contributed by atoms with E-state index in [1.807, 2.05) is 13.8 Å². The Hall–Kier alpha value is -0.860. The van der Waals surface area contributed by atoms with E-state index in [-0.39, 0.29) is 0 Å². The van der Waals surface area contributed by atoms with Crippen molar-refractivity contribution in [2.45, 2.75) is 63.5 Å². The van der Waals surface area contributed by atoms with Crippen molar-refractivity contribution in [3.63, 3.8) is 0 Å². The van der Waals surface area contributed by atoms with E-state index in [0.717, 1.165) is 12.1 Å². The minimum Gasteiger partial charge on any atom is -0.316 e. The van der Waals surface area contributed by atoms with Crippen molar-refractivity contribution < 1.29 is 0 Å². The average molecular weight is 284 g/mol. The maximum Gasteiger partial charge on any atom is 0.0176 e. The Morgan fingerprint density at radius 3 is 2.57 bits per heavy atom. The number of fused-ring (bicyclic) bond motifs is 2. The third-order valence-electron chi connectivity index (χ3n) is 6.27. The molecule has 0 bridgehead atoms. The molecule has 21 heavy (non-hydrogen) atoms. The molecule has 1 heterocycles. The number of hydrogen-bond acceptors (Lipinski definition) is 2. The highest BCUT2D eigenvalue weighted by atomic mass is 15.1. The van der Waals surface area contributed by atoms with E-state index in [2.05, 4.69) is 34.9 Å². The molecule has 0 amide bonds. The fourth-order valence-electron chi connectivity index (χ4n) is 4.97. The summed E-state index contributed by atoms with van der Waals surface area (Å²) in [5.74, 6) is 0. The predicted octanol–water partition coefficient (Wildman–Crippen LogP) is 3.01. The monoisotopic (exact) mass is 284 g/mol. The SMILES string of the molecule is CC.c1ccc2c(c1)CCC21CC1NC1CC2(CNC2)C1. The Balaban J connectivity index is 0.000000555. The molecular weight excluding hydrogens is 256 g/mol. The predicted molar refractivity (Wildman–Crippen MR) is 87.7 cm³/mol. The Kier molecular flexibility index (Phi) is 3.16. The second kappa shape index (κ2) is 4.82. The van der Waals surface area contributed by atoms with E-state index in [1.54, 1.807) is 11.1 Å². The maximum atomic E-state index is 3.96. The largest absolute Gasteiger partial charge is 0.316 e. The van der Waals surface area contributed by atoms with Gasteiger partial charge in [0.2, 0.25) is 0 Å². The summed E-state index contributed by atoms with van der Waals surface area (Å²) >= 11 is 0. The Morgan fingerprint density at radius 1 is 1.10 bits per heavy atom. The first-order valence-electron chi connectivity index (χ1n) is 8.85. The van der Waals surface area contributed by atoms with Crippen molar-refractivity contribution in [3.8, 4) is 0 Å². The molecule has 2 N–H and O–H groups in total. The van der Waals surface area contributed by atoms with Crippen molar-refractivity contribution in [3.05, 3.63) is 35.4 Å². The molecule has 2 saturated carbocycles. The smallest absolute Gasteiger partial charge is 0.0176 e. The van der Waals surface area contributed by atoms with Gasteiger partial charge in [0.15, 0.2) is 0 Å². The molecule has 114 valence electrons. The first kappa shape index (κ1) is 13.8. The lowest BCUT2D eigenvalue weighted by Crippen LogP contribution is -2.65. The lowest BCUT2D eigenvalue weighted by Gasteiger charge is -2.54. The Bertz CT molecular complexity index is 526. The highest BCUT2D eigenvalue weighted by Crippen LogP contribution is 2.58. The van der Waals surface area contributed by atoms with Crippen LogP contribution in [0.4, 0.5) is 0 Å². The van der Waals surface area contributed by atoms with Crippen LogP contribution >= 0.6 is 0 Å². The van der Waals surface area contributed by atoms with Gasteiger partial charge in [-0.05, 0) is 48.6 Å². The molecule has 5 rings (SSSR count). The summed E-state index contributed by atoms with van der Waals surface area (Å²) in [4.78, 5) is 0. The van der Waals surface area contributed by atoms with Gasteiger partial charge in [0, 0.05) is 30.6 Å². The van der Waals surface area contributed by atoms with Crippen LogP contribution in [0.1, 0.15) is 50.7 Å². The van der Waals surface area contributed by atoms with Gasteiger partial charge in [0.25, 0.3) is 0 Å². The maximum absolute atomic E-state index is 3.96. The van der Waals surface area contributed by atoms with E-state index < -0.39 is 0 Å². The van der Waals surface area contributed by atoms with Crippen LogP contribution in [-0.2, 0) is 11.8 Å². The molecule has 2 heteroatoms. The molecule has 1 aromatic rings. The molecule has 4 aliphatic rings. The lowest BCUT2D eigenvalue weighted by molar-refractivity contribution is 0.0221. The van der Waals surface area contributed by atoms with Crippen molar-refractivity contribution in [2.75, 3.05) is 13.1 Å². The summed E-state index contributed by atoms with van der Waals surface area (Å²) in [7, 11) is 0. The molecule has 1 aliphatic heterocycles. The summed E-state index contributed by atoms with van der Waals surface area (Å²) in [6, 6.07) is 10.7. The van der Waals surface area contributed by atoms with E-state index in [0.29, 0.717) is 10.8 Å². The molecule has 2 atom stereocenters. The van der Waals surface area contributed by atoms with E-state index in [9.17, 15) is 0 Å². The summed E-state index contributed by atoms with van der Waals surface area (Å²) in [5.41, 5.74) is 4.50. The van der Waals surface area contributed by atoms with Crippen LogP contribution in [0.15, 0.2) is 24.3 Å². The number of benzene rings is 1. The lowest BCUT2D eigenvalue weighted by atomic mass is 9.61. The summed E-state index contributed by atoms with van der Waals surface area (Å²) in [6.45, 7) is 6.54. The average Bonchev–Trinajstić information content (AvgIpc) is 3.01. The number of hydrogen-bond donors (Lipinski definition) is 2. The van der Waals surface area contributed by atoms with Crippen LogP contribution in [0.25, 0.3) is 0 Å². The van der Waals surface area contributed by atoms with Crippen LogP contribution in [0.3, 0.4) is 0 Å². The molecule has 2 nitrogen and oxygen atoms in total. The van der Waals surface area contributed by atoms with Crippen LogP contribution in [0.5, 0.6) is 0 Å². The second-order valence-electron chi connectivity index (χ2n) is 7.45. The van der Waals surface area contributed by atoms with Crippen LogP contribution in [-0.4, -0.2) is 25.2 Å². The molecule has 3 aliphatic carbocycles. The van der Waals surface area contributed by atoms with Gasteiger partial charge in [0.05, 0.1) is 0 Å².